The van der Waals surface area contributed by atoms with Crippen molar-refractivity contribution in [3.8, 4) is 0 Å². The Morgan fingerprint density at radius 3 is 2.56 bits per heavy atom. The van der Waals surface area contributed by atoms with Crippen molar-refractivity contribution in [2.45, 2.75) is 70.7 Å². The van der Waals surface area contributed by atoms with Crippen molar-refractivity contribution < 1.29 is 28.8 Å². The van der Waals surface area contributed by atoms with E-state index in [-0.39, 0.29) is 12.6 Å². The molecule has 1 fully saturated rings. The van der Waals surface area contributed by atoms with E-state index in [2.05, 4.69) is 15.1 Å². The van der Waals surface area contributed by atoms with E-state index < -0.39 is 29.6 Å². The van der Waals surface area contributed by atoms with E-state index in [1.54, 1.807) is 32.6 Å². The highest BCUT2D eigenvalue weighted by atomic mass is 16.5. The molecule has 0 saturated heterocycles. The Balaban J connectivity index is 2.22. The SMILES string of the molecule is Cc1nc(CCN(C(=O)C(OC(C)(C)C)[C@H](N=C=O)C(=O)O)C2CC2)no1. The summed E-state index contributed by atoms with van der Waals surface area (Å²) in [5.74, 6) is -1.07. The van der Waals surface area contributed by atoms with Gasteiger partial charge in [0.25, 0.3) is 5.91 Å². The molecule has 10 nitrogen and oxygen atoms in total. The van der Waals surface area contributed by atoms with Crippen LogP contribution in [0.15, 0.2) is 9.52 Å². The van der Waals surface area contributed by atoms with Gasteiger partial charge in [-0.05, 0) is 33.6 Å². The number of aliphatic carboxylic acids is 1. The van der Waals surface area contributed by atoms with Crippen molar-refractivity contribution in [3.05, 3.63) is 11.7 Å². The highest BCUT2D eigenvalue weighted by Crippen LogP contribution is 2.29. The summed E-state index contributed by atoms with van der Waals surface area (Å²) in [6.07, 6.45) is 1.78. The Kier molecular flexibility index (Phi) is 6.45. The summed E-state index contributed by atoms with van der Waals surface area (Å²) in [6, 6.07) is -1.67. The summed E-state index contributed by atoms with van der Waals surface area (Å²) in [5, 5.41) is 13.2. The van der Waals surface area contributed by atoms with Crippen LogP contribution in [0.4, 0.5) is 0 Å². The first-order valence-corrected chi connectivity index (χ1v) is 8.69. The molecule has 1 aliphatic carbocycles. The van der Waals surface area contributed by atoms with E-state index in [0.717, 1.165) is 12.8 Å². The molecule has 0 bridgehead atoms. The fraction of sp³-hybridized carbons (Fsp3) is 0.706. The van der Waals surface area contributed by atoms with Crippen LogP contribution in [0.2, 0.25) is 0 Å². The van der Waals surface area contributed by atoms with Gasteiger partial charge in [0.2, 0.25) is 12.0 Å². The Hall–Kier alpha value is -2.58. The molecule has 27 heavy (non-hydrogen) atoms. The first-order chi connectivity index (χ1) is 12.6. The van der Waals surface area contributed by atoms with Gasteiger partial charge in [0, 0.05) is 25.9 Å². The largest absolute Gasteiger partial charge is 0.480 e. The monoisotopic (exact) mass is 380 g/mol. The zero-order valence-corrected chi connectivity index (χ0v) is 15.8. The third-order valence-corrected chi connectivity index (χ3v) is 3.87. The van der Waals surface area contributed by atoms with Gasteiger partial charge >= 0.3 is 5.97 Å². The molecular weight excluding hydrogens is 356 g/mol. The minimum atomic E-state index is -1.66. The predicted molar refractivity (Wildman–Crippen MR) is 91.6 cm³/mol. The van der Waals surface area contributed by atoms with Crippen LogP contribution in [0.3, 0.4) is 0 Å². The maximum atomic E-state index is 13.1. The van der Waals surface area contributed by atoms with Crippen molar-refractivity contribution in [1.29, 1.82) is 0 Å². The zero-order chi connectivity index (χ0) is 20.2. The van der Waals surface area contributed by atoms with E-state index in [9.17, 15) is 19.5 Å². The molecule has 0 radical (unpaired) electrons. The highest BCUT2D eigenvalue weighted by Gasteiger charge is 2.43. The van der Waals surface area contributed by atoms with Gasteiger partial charge in [-0.3, -0.25) is 4.79 Å². The van der Waals surface area contributed by atoms with Gasteiger partial charge in [0.15, 0.2) is 18.0 Å². The Bertz CT molecular complexity index is 728. The number of amides is 1. The molecule has 1 aromatic rings. The molecule has 1 aliphatic rings. The molecule has 1 heterocycles. The standard InChI is InChI=1S/C17H24N4O6/c1-10-19-12(20-27-10)7-8-21(11-5-6-11)15(23)14(26-17(2,3)4)13(16(24)25)18-9-22/h11,13-14H,5-8H2,1-4H3,(H,24,25)/t13-,14?/m0/s1. The lowest BCUT2D eigenvalue weighted by atomic mass is 10.1. The number of nitrogens with zero attached hydrogens (tertiary/aromatic N) is 4. The van der Waals surface area contributed by atoms with Gasteiger partial charge in [-0.15, -0.1) is 0 Å². The molecule has 1 aromatic heterocycles. The lowest BCUT2D eigenvalue weighted by Crippen LogP contribution is -2.52. The van der Waals surface area contributed by atoms with Crippen LogP contribution in [0, 0.1) is 6.92 Å². The Morgan fingerprint density at radius 1 is 1.44 bits per heavy atom. The van der Waals surface area contributed by atoms with Gasteiger partial charge in [-0.25, -0.2) is 9.59 Å². The summed E-state index contributed by atoms with van der Waals surface area (Å²) < 4.78 is 10.6. The van der Waals surface area contributed by atoms with E-state index in [1.807, 2.05) is 0 Å². The first kappa shape index (κ1) is 20.7. The number of hydrogen-bond donors (Lipinski definition) is 1. The summed E-state index contributed by atoms with van der Waals surface area (Å²) in [6.45, 7) is 7.03. The van der Waals surface area contributed by atoms with Crippen LogP contribution in [0.25, 0.3) is 0 Å². The molecule has 0 aromatic carbocycles. The maximum absolute atomic E-state index is 13.1. The number of hydrogen-bond acceptors (Lipinski definition) is 8. The number of carboxylic acid groups (broad SMARTS) is 1. The van der Waals surface area contributed by atoms with Gasteiger partial charge in [-0.2, -0.15) is 9.98 Å². The van der Waals surface area contributed by atoms with Crippen LogP contribution in [-0.2, 0) is 25.5 Å². The number of aromatic nitrogens is 2. The third-order valence-electron chi connectivity index (χ3n) is 3.87. The van der Waals surface area contributed by atoms with Crippen molar-refractivity contribution in [2.75, 3.05) is 6.54 Å². The Morgan fingerprint density at radius 2 is 2.11 bits per heavy atom. The molecule has 1 amide bonds. The molecule has 1 saturated carbocycles. The van der Waals surface area contributed by atoms with Crippen molar-refractivity contribution in [1.82, 2.24) is 15.0 Å². The van der Waals surface area contributed by atoms with E-state index >= 15 is 0 Å². The number of isocyanates is 1. The molecule has 2 atom stereocenters. The minimum Gasteiger partial charge on any atom is -0.480 e. The second-order valence-corrected chi connectivity index (χ2v) is 7.40. The molecule has 148 valence electrons. The van der Waals surface area contributed by atoms with E-state index in [4.69, 9.17) is 9.26 Å². The average molecular weight is 380 g/mol. The molecule has 0 spiro atoms. The normalized spacial score (nSPS) is 16.3. The molecule has 10 heteroatoms. The molecule has 1 unspecified atom stereocenters. The molecular formula is C17H24N4O6. The van der Waals surface area contributed by atoms with Crippen LogP contribution in [-0.4, -0.2) is 68.4 Å². The molecule has 2 rings (SSSR count). The second-order valence-electron chi connectivity index (χ2n) is 7.40. The van der Waals surface area contributed by atoms with Crippen LogP contribution < -0.4 is 0 Å². The topological polar surface area (TPSA) is 135 Å². The second kappa shape index (κ2) is 8.41. The van der Waals surface area contributed by atoms with Crippen LogP contribution in [0.1, 0.15) is 45.3 Å². The average Bonchev–Trinajstić information content (AvgIpc) is 3.31. The number of carbonyl (C=O) groups excluding carboxylic acids is 2. The van der Waals surface area contributed by atoms with Crippen molar-refractivity contribution >= 4 is 18.0 Å². The number of aryl methyl sites for hydroxylation is 1. The first-order valence-electron chi connectivity index (χ1n) is 8.69. The van der Waals surface area contributed by atoms with Gasteiger partial charge in [0.1, 0.15) is 0 Å². The van der Waals surface area contributed by atoms with Gasteiger partial charge in [-0.1, -0.05) is 5.16 Å². The predicted octanol–water partition coefficient (Wildman–Crippen LogP) is 0.884. The zero-order valence-electron chi connectivity index (χ0n) is 15.8. The van der Waals surface area contributed by atoms with Crippen LogP contribution >= 0.6 is 0 Å². The lowest BCUT2D eigenvalue weighted by molar-refractivity contribution is -0.163. The fourth-order valence-corrected chi connectivity index (χ4v) is 2.63. The highest BCUT2D eigenvalue weighted by molar-refractivity contribution is 5.89. The summed E-state index contributed by atoms with van der Waals surface area (Å²) in [5.41, 5.74) is -0.813. The van der Waals surface area contributed by atoms with Crippen molar-refractivity contribution in [3.63, 3.8) is 0 Å². The summed E-state index contributed by atoms with van der Waals surface area (Å²) in [7, 11) is 0. The van der Waals surface area contributed by atoms with Crippen molar-refractivity contribution in [2.24, 2.45) is 4.99 Å². The number of rotatable bonds is 9. The Labute approximate surface area is 156 Å². The number of carbonyl (C=O) groups is 2. The van der Waals surface area contributed by atoms with Crippen LogP contribution in [0.5, 0.6) is 0 Å². The third kappa shape index (κ3) is 5.97. The number of aliphatic imine (C=N–C) groups is 1. The lowest BCUT2D eigenvalue weighted by Gasteiger charge is -2.32. The quantitative estimate of drug-likeness (QED) is 0.493. The minimum absolute atomic E-state index is 0.00813. The summed E-state index contributed by atoms with van der Waals surface area (Å²) in [4.78, 5) is 44.3. The van der Waals surface area contributed by atoms with Gasteiger partial charge < -0.3 is 19.3 Å². The maximum Gasteiger partial charge on any atom is 0.332 e. The van der Waals surface area contributed by atoms with E-state index in [0.29, 0.717) is 18.1 Å². The van der Waals surface area contributed by atoms with Gasteiger partial charge in [0.05, 0.1) is 5.60 Å². The summed E-state index contributed by atoms with van der Waals surface area (Å²) >= 11 is 0. The molecule has 1 N–H and O–H groups in total. The van der Waals surface area contributed by atoms with E-state index in [1.165, 1.54) is 6.08 Å². The number of carboxylic acids is 1. The number of ether oxygens (including phenoxy) is 1. The fourth-order valence-electron chi connectivity index (χ4n) is 2.63. The smallest absolute Gasteiger partial charge is 0.332 e. The molecule has 0 aliphatic heterocycles.